The molecular formula is C11H10N2O3. The fraction of sp³-hybridized carbons (Fsp3) is 0.182. The number of benzene rings is 1. The number of anilines is 1. The maximum absolute atomic E-state index is 11.5. The Morgan fingerprint density at radius 1 is 1.31 bits per heavy atom. The molecule has 0 spiro atoms. The highest BCUT2D eigenvalue weighted by atomic mass is 16.2. The summed E-state index contributed by atoms with van der Waals surface area (Å²) in [5.41, 5.74) is 0.931. The number of nitrogens with one attached hydrogen (secondary N) is 2. The Labute approximate surface area is 91.8 Å². The van der Waals surface area contributed by atoms with Crippen molar-refractivity contribution in [1.29, 1.82) is 0 Å². The van der Waals surface area contributed by atoms with Crippen LogP contribution in [0.4, 0.5) is 5.69 Å². The van der Waals surface area contributed by atoms with Gasteiger partial charge in [-0.1, -0.05) is 13.0 Å². The van der Waals surface area contributed by atoms with E-state index in [4.69, 9.17) is 0 Å². The fourth-order valence-corrected chi connectivity index (χ4v) is 1.56. The molecule has 0 unspecified atom stereocenters. The van der Waals surface area contributed by atoms with E-state index in [1.165, 1.54) is 0 Å². The van der Waals surface area contributed by atoms with Crippen LogP contribution in [0.3, 0.4) is 0 Å². The quantitative estimate of drug-likeness (QED) is 0.725. The van der Waals surface area contributed by atoms with Gasteiger partial charge in [0.2, 0.25) is 5.91 Å². The minimum Gasteiger partial charge on any atom is -0.325 e. The Kier molecular flexibility index (Phi) is 2.44. The van der Waals surface area contributed by atoms with Gasteiger partial charge in [-0.05, 0) is 12.1 Å². The van der Waals surface area contributed by atoms with E-state index >= 15 is 0 Å². The van der Waals surface area contributed by atoms with Crippen LogP contribution in [0.1, 0.15) is 34.1 Å². The molecule has 0 radical (unpaired) electrons. The molecule has 0 aromatic heterocycles. The molecule has 0 bridgehead atoms. The third-order valence-corrected chi connectivity index (χ3v) is 2.36. The van der Waals surface area contributed by atoms with Gasteiger partial charge in [-0.15, -0.1) is 0 Å². The van der Waals surface area contributed by atoms with E-state index in [2.05, 4.69) is 10.6 Å². The number of hydrogen-bond donors (Lipinski definition) is 2. The highest BCUT2D eigenvalue weighted by molar-refractivity contribution is 6.24. The monoisotopic (exact) mass is 218 g/mol. The van der Waals surface area contributed by atoms with Crippen LogP contribution in [0.15, 0.2) is 18.2 Å². The van der Waals surface area contributed by atoms with Crippen molar-refractivity contribution in [3.63, 3.8) is 0 Å². The summed E-state index contributed by atoms with van der Waals surface area (Å²) in [5.74, 6) is -1.08. The highest BCUT2D eigenvalue weighted by Gasteiger charge is 2.29. The Balaban J connectivity index is 2.45. The van der Waals surface area contributed by atoms with E-state index in [1.807, 2.05) is 0 Å². The van der Waals surface area contributed by atoms with Gasteiger partial charge in [-0.2, -0.15) is 0 Å². The summed E-state index contributed by atoms with van der Waals surface area (Å²) in [6.07, 6.45) is 0.319. The summed E-state index contributed by atoms with van der Waals surface area (Å²) in [5, 5.41) is 4.78. The van der Waals surface area contributed by atoms with Crippen LogP contribution in [0.2, 0.25) is 0 Å². The zero-order chi connectivity index (χ0) is 11.7. The summed E-state index contributed by atoms with van der Waals surface area (Å²) in [7, 11) is 0. The summed E-state index contributed by atoms with van der Waals surface area (Å²) in [6, 6.07) is 4.78. The number of carbonyl (C=O) groups is 3. The summed E-state index contributed by atoms with van der Waals surface area (Å²) >= 11 is 0. The van der Waals surface area contributed by atoms with Gasteiger partial charge in [0, 0.05) is 6.42 Å². The first-order chi connectivity index (χ1) is 7.63. The summed E-state index contributed by atoms with van der Waals surface area (Å²) < 4.78 is 0. The molecule has 1 aromatic rings. The number of fused-ring (bicyclic) bond motifs is 1. The fourth-order valence-electron chi connectivity index (χ4n) is 1.56. The molecule has 5 nitrogen and oxygen atoms in total. The van der Waals surface area contributed by atoms with Gasteiger partial charge in [0.05, 0.1) is 16.8 Å². The maximum atomic E-state index is 11.5. The molecule has 0 fully saturated rings. The van der Waals surface area contributed by atoms with Gasteiger partial charge < -0.3 is 5.32 Å². The first-order valence-electron chi connectivity index (χ1n) is 4.92. The molecule has 0 aliphatic carbocycles. The molecular weight excluding hydrogens is 208 g/mol. The Hall–Kier alpha value is -2.17. The first-order valence-corrected chi connectivity index (χ1v) is 4.92. The highest BCUT2D eigenvalue weighted by Crippen LogP contribution is 2.24. The molecule has 16 heavy (non-hydrogen) atoms. The smallest absolute Gasteiger partial charge is 0.261 e. The van der Waals surface area contributed by atoms with Crippen molar-refractivity contribution in [3.05, 3.63) is 29.3 Å². The van der Waals surface area contributed by atoms with Gasteiger partial charge in [-0.25, -0.2) is 0 Å². The van der Waals surface area contributed by atoms with Crippen LogP contribution >= 0.6 is 0 Å². The van der Waals surface area contributed by atoms with Crippen molar-refractivity contribution in [3.8, 4) is 0 Å². The van der Waals surface area contributed by atoms with Crippen LogP contribution in [0, 0.1) is 0 Å². The first kappa shape index (κ1) is 10.4. The van der Waals surface area contributed by atoms with Crippen LogP contribution < -0.4 is 10.6 Å². The normalized spacial score (nSPS) is 13.3. The molecule has 1 aliphatic heterocycles. The molecule has 82 valence electrons. The van der Waals surface area contributed by atoms with Crippen molar-refractivity contribution < 1.29 is 14.4 Å². The van der Waals surface area contributed by atoms with Crippen molar-refractivity contribution in [2.75, 3.05) is 5.32 Å². The molecule has 2 N–H and O–H groups in total. The van der Waals surface area contributed by atoms with E-state index in [1.54, 1.807) is 25.1 Å². The topological polar surface area (TPSA) is 75.3 Å². The van der Waals surface area contributed by atoms with E-state index in [9.17, 15) is 14.4 Å². The second-order valence-electron chi connectivity index (χ2n) is 3.41. The lowest BCUT2D eigenvalue weighted by Crippen LogP contribution is -2.20. The van der Waals surface area contributed by atoms with Crippen molar-refractivity contribution in [2.45, 2.75) is 13.3 Å². The Bertz CT molecular complexity index is 494. The SMILES string of the molecule is CCC(=O)Nc1cccc2c1C(=O)NC2=O. The lowest BCUT2D eigenvalue weighted by Gasteiger charge is -2.06. The van der Waals surface area contributed by atoms with Gasteiger partial charge >= 0.3 is 0 Å². The predicted molar refractivity (Wildman–Crippen MR) is 57.2 cm³/mol. The number of carbonyl (C=O) groups excluding carboxylic acids is 3. The zero-order valence-corrected chi connectivity index (χ0v) is 8.66. The van der Waals surface area contributed by atoms with Crippen molar-refractivity contribution in [1.82, 2.24) is 5.32 Å². The molecule has 3 amide bonds. The third-order valence-electron chi connectivity index (χ3n) is 2.36. The zero-order valence-electron chi connectivity index (χ0n) is 8.66. The van der Waals surface area contributed by atoms with Gasteiger partial charge in [0.15, 0.2) is 0 Å². The molecule has 5 heteroatoms. The van der Waals surface area contributed by atoms with E-state index in [-0.39, 0.29) is 11.5 Å². The van der Waals surface area contributed by atoms with Gasteiger partial charge in [0.1, 0.15) is 0 Å². The van der Waals surface area contributed by atoms with Crippen molar-refractivity contribution >= 4 is 23.4 Å². The van der Waals surface area contributed by atoms with E-state index in [0.29, 0.717) is 17.7 Å². The average Bonchev–Trinajstić information content (AvgIpc) is 2.56. The van der Waals surface area contributed by atoms with Crippen molar-refractivity contribution in [2.24, 2.45) is 0 Å². The largest absolute Gasteiger partial charge is 0.325 e. The molecule has 1 aliphatic rings. The van der Waals surface area contributed by atoms with Gasteiger partial charge in [0.25, 0.3) is 11.8 Å². The van der Waals surface area contributed by atoms with E-state index < -0.39 is 11.8 Å². The summed E-state index contributed by atoms with van der Waals surface area (Å²) in [6.45, 7) is 1.71. The number of amides is 3. The van der Waals surface area contributed by atoms with Crippen LogP contribution in [-0.4, -0.2) is 17.7 Å². The summed E-state index contributed by atoms with van der Waals surface area (Å²) in [4.78, 5) is 34.1. The van der Waals surface area contributed by atoms with Crippen LogP contribution in [0.25, 0.3) is 0 Å². The lowest BCUT2D eigenvalue weighted by atomic mass is 10.1. The second kappa shape index (κ2) is 3.77. The standard InChI is InChI=1S/C11H10N2O3/c1-2-8(14)12-7-5-3-4-6-9(7)11(16)13-10(6)15/h3-5H,2H2,1H3,(H,12,14)(H,13,15,16). The minimum atomic E-state index is -0.466. The third kappa shape index (κ3) is 1.56. The Morgan fingerprint density at radius 2 is 2.06 bits per heavy atom. The maximum Gasteiger partial charge on any atom is 0.261 e. The Morgan fingerprint density at radius 3 is 2.75 bits per heavy atom. The molecule has 2 rings (SSSR count). The minimum absolute atomic E-state index is 0.194. The average molecular weight is 218 g/mol. The molecule has 1 heterocycles. The molecule has 0 atom stereocenters. The predicted octanol–water partition coefficient (Wildman–Crippen LogP) is 0.919. The number of hydrogen-bond acceptors (Lipinski definition) is 3. The van der Waals surface area contributed by atoms with Gasteiger partial charge in [-0.3, -0.25) is 19.7 Å². The second-order valence-corrected chi connectivity index (χ2v) is 3.41. The van der Waals surface area contributed by atoms with Crippen LogP contribution in [-0.2, 0) is 4.79 Å². The molecule has 0 saturated heterocycles. The number of rotatable bonds is 2. The molecule has 0 saturated carbocycles. The van der Waals surface area contributed by atoms with E-state index in [0.717, 1.165) is 0 Å². The number of imide groups is 1. The lowest BCUT2D eigenvalue weighted by molar-refractivity contribution is -0.115. The molecule has 1 aromatic carbocycles. The van der Waals surface area contributed by atoms with Crippen LogP contribution in [0.5, 0.6) is 0 Å².